The number of benzene rings is 1. The van der Waals surface area contributed by atoms with Crippen LogP contribution < -0.4 is 10.1 Å². The van der Waals surface area contributed by atoms with Gasteiger partial charge in [-0.15, -0.1) is 0 Å². The Labute approximate surface area is 150 Å². The average molecular weight is 353 g/mol. The number of methoxy groups -OCH3 is 1. The molecule has 0 fully saturated rings. The summed E-state index contributed by atoms with van der Waals surface area (Å²) in [6.45, 7) is 2.39. The highest BCUT2D eigenvalue weighted by Crippen LogP contribution is 2.29. The number of ether oxygens (including phenoxy) is 1. The van der Waals surface area contributed by atoms with Crippen LogP contribution in [0.3, 0.4) is 0 Å². The zero-order chi connectivity index (χ0) is 18.5. The molecule has 0 unspecified atom stereocenters. The smallest absolute Gasteiger partial charge is 0.341 e. The SMILES string of the molecule is COc1ccc(CN[C@H](C)c2onc(-c3cccnc3)c2C(=O)O)cc1. The van der Waals surface area contributed by atoms with Gasteiger partial charge in [-0.1, -0.05) is 17.3 Å². The molecular formula is C19H19N3O4. The van der Waals surface area contributed by atoms with Crippen LogP contribution in [-0.2, 0) is 6.54 Å². The van der Waals surface area contributed by atoms with E-state index in [1.165, 1.54) is 0 Å². The van der Waals surface area contributed by atoms with Crippen molar-refractivity contribution in [3.05, 3.63) is 65.7 Å². The highest BCUT2D eigenvalue weighted by Gasteiger charge is 2.27. The summed E-state index contributed by atoms with van der Waals surface area (Å²) in [5, 5.41) is 16.8. The van der Waals surface area contributed by atoms with Crippen LogP contribution in [0.4, 0.5) is 0 Å². The van der Waals surface area contributed by atoms with E-state index in [1.807, 2.05) is 31.2 Å². The normalized spacial score (nSPS) is 11.9. The van der Waals surface area contributed by atoms with Gasteiger partial charge in [-0.05, 0) is 36.8 Å². The number of aromatic nitrogens is 2. The van der Waals surface area contributed by atoms with Crippen LogP contribution >= 0.6 is 0 Å². The van der Waals surface area contributed by atoms with E-state index in [1.54, 1.807) is 31.6 Å². The number of pyridine rings is 1. The van der Waals surface area contributed by atoms with Gasteiger partial charge >= 0.3 is 5.97 Å². The van der Waals surface area contributed by atoms with Gasteiger partial charge in [0.25, 0.3) is 0 Å². The minimum atomic E-state index is -1.08. The summed E-state index contributed by atoms with van der Waals surface area (Å²) in [6, 6.07) is 10.8. The van der Waals surface area contributed by atoms with Gasteiger partial charge in [0.15, 0.2) is 5.76 Å². The highest BCUT2D eigenvalue weighted by atomic mass is 16.5. The standard InChI is InChI=1S/C19H19N3O4/c1-12(21-10-13-5-7-15(25-2)8-6-13)18-16(19(23)24)17(22-26-18)14-4-3-9-20-11-14/h3-9,11-12,21H,10H2,1-2H3,(H,23,24)/t12-/m1/s1. The Morgan fingerprint density at radius 3 is 2.69 bits per heavy atom. The van der Waals surface area contributed by atoms with Crippen molar-refractivity contribution in [3.8, 4) is 17.0 Å². The lowest BCUT2D eigenvalue weighted by atomic mass is 10.0. The molecule has 0 bridgehead atoms. The number of hydrogen-bond acceptors (Lipinski definition) is 6. The van der Waals surface area contributed by atoms with Crippen molar-refractivity contribution < 1.29 is 19.2 Å². The molecule has 0 saturated heterocycles. The number of carbonyl (C=O) groups is 1. The summed E-state index contributed by atoms with van der Waals surface area (Å²) in [7, 11) is 1.62. The largest absolute Gasteiger partial charge is 0.497 e. The van der Waals surface area contributed by atoms with Gasteiger partial charge < -0.3 is 19.7 Å². The van der Waals surface area contributed by atoms with E-state index < -0.39 is 5.97 Å². The minimum Gasteiger partial charge on any atom is -0.497 e. The third-order valence-electron chi connectivity index (χ3n) is 4.03. The fourth-order valence-electron chi connectivity index (χ4n) is 2.61. The number of hydrogen-bond donors (Lipinski definition) is 2. The second-order valence-corrected chi connectivity index (χ2v) is 5.77. The molecule has 1 atom stereocenters. The van der Waals surface area contributed by atoms with Gasteiger partial charge in [0.05, 0.1) is 13.2 Å². The highest BCUT2D eigenvalue weighted by molar-refractivity contribution is 5.95. The van der Waals surface area contributed by atoms with Crippen LogP contribution in [0.15, 0.2) is 53.3 Å². The van der Waals surface area contributed by atoms with E-state index in [4.69, 9.17) is 9.26 Å². The molecule has 0 aliphatic carbocycles. The Morgan fingerprint density at radius 1 is 1.31 bits per heavy atom. The van der Waals surface area contributed by atoms with Crippen LogP contribution in [0.25, 0.3) is 11.3 Å². The molecule has 2 N–H and O–H groups in total. The molecule has 7 heteroatoms. The molecule has 0 radical (unpaired) electrons. The first kappa shape index (κ1) is 17.6. The summed E-state index contributed by atoms with van der Waals surface area (Å²) in [4.78, 5) is 15.8. The lowest BCUT2D eigenvalue weighted by molar-refractivity contribution is 0.0694. The average Bonchev–Trinajstić information content (AvgIpc) is 3.13. The van der Waals surface area contributed by atoms with Crippen molar-refractivity contribution in [3.63, 3.8) is 0 Å². The van der Waals surface area contributed by atoms with E-state index in [-0.39, 0.29) is 23.1 Å². The summed E-state index contributed by atoms with van der Waals surface area (Å²) >= 11 is 0. The fraction of sp³-hybridized carbons (Fsp3) is 0.211. The van der Waals surface area contributed by atoms with Crippen molar-refractivity contribution in [2.75, 3.05) is 7.11 Å². The zero-order valence-electron chi connectivity index (χ0n) is 14.5. The van der Waals surface area contributed by atoms with Gasteiger partial charge in [0, 0.05) is 24.5 Å². The third-order valence-corrected chi connectivity index (χ3v) is 4.03. The molecule has 3 rings (SSSR count). The van der Waals surface area contributed by atoms with E-state index in [2.05, 4.69) is 15.5 Å². The lowest BCUT2D eigenvalue weighted by Crippen LogP contribution is -2.19. The number of nitrogens with zero attached hydrogens (tertiary/aromatic N) is 2. The molecule has 0 aliphatic heterocycles. The maximum Gasteiger partial charge on any atom is 0.341 e. The van der Waals surface area contributed by atoms with Crippen LogP contribution in [-0.4, -0.2) is 28.3 Å². The van der Waals surface area contributed by atoms with Gasteiger partial charge in [-0.25, -0.2) is 4.79 Å². The quantitative estimate of drug-likeness (QED) is 0.672. The molecule has 0 amide bonds. The van der Waals surface area contributed by atoms with Crippen molar-refractivity contribution in [1.82, 2.24) is 15.5 Å². The summed E-state index contributed by atoms with van der Waals surface area (Å²) in [5.41, 5.74) is 1.97. The molecule has 134 valence electrons. The van der Waals surface area contributed by atoms with Crippen molar-refractivity contribution in [1.29, 1.82) is 0 Å². The topological polar surface area (TPSA) is 97.5 Å². The molecule has 7 nitrogen and oxygen atoms in total. The first-order valence-electron chi connectivity index (χ1n) is 8.09. The van der Waals surface area contributed by atoms with E-state index in [9.17, 15) is 9.90 Å². The molecule has 26 heavy (non-hydrogen) atoms. The molecule has 0 aliphatic rings. The molecule has 0 spiro atoms. The molecule has 1 aromatic carbocycles. The monoisotopic (exact) mass is 353 g/mol. The molecule has 3 aromatic rings. The Balaban J connectivity index is 1.79. The summed E-state index contributed by atoms with van der Waals surface area (Å²) in [5.74, 6) is -0.0191. The van der Waals surface area contributed by atoms with E-state index in [0.717, 1.165) is 11.3 Å². The number of nitrogens with one attached hydrogen (secondary N) is 1. The Bertz CT molecular complexity index is 876. The first-order chi connectivity index (χ1) is 12.6. The maximum atomic E-state index is 11.8. The lowest BCUT2D eigenvalue weighted by Gasteiger charge is -2.12. The predicted molar refractivity (Wildman–Crippen MR) is 94.9 cm³/mol. The Kier molecular flexibility index (Phi) is 5.28. The second-order valence-electron chi connectivity index (χ2n) is 5.77. The van der Waals surface area contributed by atoms with Crippen LogP contribution in [0.1, 0.15) is 34.6 Å². The first-order valence-corrected chi connectivity index (χ1v) is 8.09. The number of rotatable bonds is 7. The second kappa shape index (κ2) is 7.79. The van der Waals surface area contributed by atoms with Gasteiger partial charge in [-0.2, -0.15) is 0 Å². The van der Waals surface area contributed by atoms with Crippen LogP contribution in [0, 0.1) is 0 Å². The third kappa shape index (κ3) is 3.73. The fourth-order valence-corrected chi connectivity index (χ4v) is 2.61. The number of carboxylic acid groups (broad SMARTS) is 1. The Morgan fingerprint density at radius 2 is 2.08 bits per heavy atom. The summed E-state index contributed by atoms with van der Waals surface area (Å²) < 4.78 is 10.5. The zero-order valence-corrected chi connectivity index (χ0v) is 14.5. The number of carboxylic acids is 1. The van der Waals surface area contributed by atoms with Gasteiger partial charge in [0.2, 0.25) is 0 Å². The molecule has 2 heterocycles. The Hall–Kier alpha value is -3.19. The van der Waals surface area contributed by atoms with Crippen LogP contribution in [0.5, 0.6) is 5.75 Å². The van der Waals surface area contributed by atoms with Crippen molar-refractivity contribution in [2.45, 2.75) is 19.5 Å². The number of aromatic carboxylic acids is 1. The predicted octanol–water partition coefficient (Wildman–Crippen LogP) is 3.29. The van der Waals surface area contributed by atoms with Crippen molar-refractivity contribution >= 4 is 5.97 Å². The molecule has 0 saturated carbocycles. The summed E-state index contributed by atoms with van der Waals surface area (Å²) in [6.07, 6.45) is 3.17. The van der Waals surface area contributed by atoms with Gasteiger partial charge in [0.1, 0.15) is 17.0 Å². The minimum absolute atomic E-state index is 0.0488. The van der Waals surface area contributed by atoms with E-state index in [0.29, 0.717) is 12.1 Å². The van der Waals surface area contributed by atoms with E-state index >= 15 is 0 Å². The molecular weight excluding hydrogens is 334 g/mol. The molecule has 2 aromatic heterocycles. The maximum absolute atomic E-state index is 11.8. The van der Waals surface area contributed by atoms with Gasteiger partial charge in [-0.3, -0.25) is 4.98 Å². The van der Waals surface area contributed by atoms with Crippen molar-refractivity contribution in [2.24, 2.45) is 0 Å². The van der Waals surface area contributed by atoms with Crippen LogP contribution in [0.2, 0.25) is 0 Å².